The van der Waals surface area contributed by atoms with Crippen LogP contribution in [0.3, 0.4) is 0 Å². The van der Waals surface area contributed by atoms with E-state index in [1.165, 1.54) is 4.31 Å². The molecule has 1 heterocycles. The van der Waals surface area contributed by atoms with Crippen molar-refractivity contribution in [1.82, 2.24) is 14.3 Å². The molecule has 1 aliphatic rings. The Hall–Kier alpha value is -0.210. The van der Waals surface area contributed by atoms with Crippen LogP contribution in [0.2, 0.25) is 0 Å². The van der Waals surface area contributed by atoms with Crippen molar-refractivity contribution in [2.45, 2.75) is 31.7 Å². The summed E-state index contributed by atoms with van der Waals surface area (Å²) < 4.78 is 33.7. The Balaban J connectivity index is 2.51. The summed E-state index contributed by atoms with van der Waals surface area (Å²) >= 11 is 0. The second-order valence-electron chi connectivity index (χ2n) is 5.06. The van der Waals surface area contributed by atoms with Crippen molar-refractivity contribution in [1.29, 1.82) is 0 Å². The van der Waals surface area contributed by atoms with Crippen molar-refractivity contribution in [3.05, 3.63) is 0 Å². The lowest BCUT2D eigenvalue weighted by Crippen LogP contribution is -2.53. The minimum atomic E-state index is -3.40. The summed E-state index contributed by atoms with van der Waals surface area (Å²) in [6.07, 6.45) is 2.24. The van der Waals surface area contributed by atoms with Crippen molar-refractivity contribution in [2.75, 3.05) is 40.4 Å². The van der Waals surface area contributed by atoms with Gasteiger partial charge in [0.1, 0.15) is 0 Å². The largest absolute Gasteiger partial charge is 0.381 e. The molecule has 0 radical (unpaired) electrons. The van der Waals surface area contributed by atoms with Crippen molar-refractivity contribution < 1.29 is 13.2 Å². The zero-order chi connectivity index (χ0) is 13.6. The van der Waals surface area contributed by atoms with Crippen LogP contribution in [0.25, 0.3) is 0 Å². The van der Waals surface area contributed by atoms with Crippen LogP contribution in [0.5, 0.6) is 0 Å². The van der Waals surface area contributed by atoms with Crippen LogP contribution in [0, 0.1) is 0 Å². The van der Waals surface area contributed by atoms with Crippen LogP contribution < -0.4 is 10.0 Å². The number of ether oxygens (including phenoxy) is 1. The summed E-state index contributed by atoms with van der Waals surface area (Å²) in [6, 6.07) is 0. The van der Waals surface area contributed by atoms with E-state index in [0.717, 1.165) is 25.8 Å². The summed E-state index contributed by atoms with van der Waals surface area (Å²) in [5.41, 5.74) is -0.381. The van der Waals surface area contributed by atoms with E-state index >= 15 is 0 Å². The molecule has 0 amide bonds. The number of nitrogens with zero attached hydrogens (tertiary/aromatic N) is 1. The first-order valence-corrected chi connectivity index (χ1v) is 7.81. The predicted octanol–water partition coefficient (Wildman–Crippen LogP) is -0.0688. The zero-order valence-electron chi connectivity index (χ0n) is 11.5. The molecule has 0 unspecified atom stereocenters. The SMILES string of the molecule is CNCCCN(C)S(=O)(=O)NC1(C)CCOCC1. The molecular formula is C11H25N3O3S. The first-order chi connectivity index (χ1) is 8.40. The molecule has 0 aliphatic carbocycles. The van der Waals surface area contributed by atoms with E-state index in [2.05, 4.69) is 10.0 Å². The Kier molecular flexibility index (Phi) is 6.00. The van der Waals surface area contributed by atoms with Crippen LogP contribution in [-0.4, -0.2) is 58.7 Å². The van der Waals surface area contributed by atoms with Crippen LogP contribution in [0.4, 0.5) is 0 Å². The van der Waals surface area contributed by atoms with Gasteiger partial charge in [0.2, 0.25) is 0 Å². The smallest absolute Gasteiger partial charge is 0.279 e. The van der Waals surface area contributed by atoms with E-state index in [1.54, 1.807) is 7.05 Å². The fraction of sp³-hybridized carbons (Fsp3) is 1.00. The van der Waals surface area contributed by atoms with Gasteiger partial charge in [-0.1, -0.05) is 0 Å². The lowest BCUT2D eigenvalue weighted by molar-refractivity contribution is 0.0532. The summed E-state index contributed by atoms with van der Waals surface area (Å²) in [7, 11) is 0.0699. The van der Waals surface area contributed by atoms with Crippen LogP contribution in [0.1, 0.15) is 26.2 Å². The quantitative estimate of drug-likeness (QED) is 0.640. The fourth-order valence-corrected chi connectivity index (χ4v) is 3.26. The van der Waals surface area contributed by atoms with E-state index < -0.39 is 10.2 Å². The number of rotatable bonds is 7. The molecule has 18 heavy (non-hydrogen) atoms. The number of hydrogen-bond donors (Lipinski definition) is 2. The van der Waals surface area contributed by atoms with Gasteiger partial charge in [0, 0.05) is 32.3 Å². The molecule has 6 nitrogen and oxygen atoms in total. The molecule has 1 rings (SSSR count). The Bertz CT molecular complexity index is 339. The van der Waals surface area contributed by atoms with Crippen LogP contribution >= 0.6 is 0 Å². The molecule has 0 aromatic rings. The van der Waals surface area contributed by atoms with Crippen LogP contribution in [-0.2, 0) is 14.9 Å². The predicted molar refractivity (Wildman–Crippen MR) is 71.7 cm³/mol. The van der Waals surface area contributed by atoms with Gasteiger partial charge in [-0.3, -0.25) is 0 Å². The molecule has 0 atom stereocenters. The zero-order valence-corrected chi connectivity index (χ0v) is 12.3. The Morgan fingerprint density at radius 3 is 2.50 bits per heavy atom. The van der Waals surface area contributed by atoms with Gasteiger partial charge in [0.15, 0.2) is 0 Å². The molecule has 1 saturated heterocycles. The second kappa shape index (κ2) is 6.81. The molecule has 0 aromatic heterocycles. The normalized spacial score (nSPS) is 20.2. The van der Waals surface area contributed by atoms with Crippen molar-refractivity contribution in [2.24, 2.45) is 0 Å². The Morgan fingerprint density at radius 2 is 1.94 bits per heavy atom. The minimum Gasteiger partial charge on any atom is -0.381 e. The average Bonchev–Trinajstić information content (AvgIpc) is 2.28. The fourth-order valence-electron chi connectivity index (χ4n) is 1.91. The summed E-state index contributed by atoms with van der Waals surface area (Å²) in [5, 5.41) is 3.00. The number of nitrogens with one attached hydrogen (secondary N) is 2. The van der Waals surface area contributed by atoms with E-state index in [-0.39, 0.29) is 5.54 Å². The van der Waals surface area contributed by atoms with Crippen LogP contribution in [0.15, 0.2) is 0 Å². The van der Waals surface area contributed by atoms with Gasteiger partial charge in [-0.05, 0) is 39.8 Å². The number of hydrogen-bond acceptors (Lipinski definition) is 4. The lowest BCUT2D eigenvalue weighted by atomic mass is 9.94. The van der Waals surface area contributed by atoms with E-state index in [0.29, 0.717) is 19.8 Å². The molecule has 0 saturated carbocycles. The molecule has 7 heteroatoms. The third-order valence-corrected chi connectivity index (χ3v) is 5.04. The van der Waals surface area contributed by atoms with Crippen molar-refractivity contribution in [3.63, 3.8) is 0 Å². The molecule has 1 fully saturated rings. The summed E-state index contributed by atoms with van der Waals surface area (Å²) in [4.78, 5) is 0. The first-order valence-electron chi connectivity index (χ1n) is 6.37. The molecule has 0 spiro atoms. The van der Waals surface area contributed by atoms with E-state index in [1.807, 2.05) is 14.0 Å². The van der Waals surface area contributed by atoms with Gasteiger partial charge in [-0.15, -0.1) is 0 Å². The molecular weight excluding hydrogens is 254 g/mol. The highest BCUT2D eigenvalue weighted by Crippen LogP contribution is 2.21. The van der Waals surface area contributed by atoms with Crippen molar-refractivity contribution >= 4 is 10.2 Å². The highest BCUT2D eigenvalue weighted by molar-refractivity contribution is 7.87. The first kappa shape index (κ1) is 15.8. The van der Waals surface area contributed by atoms with Gasteiger partial charge in [0.25, 0.3) is 10.2 Å². The molecule has 108 valence electrons. The highest BCUT2D eigenvalue weighted by Gasteiger charge is 2.33. The van der Waals surface area contributed by atoms with E-state index in [4.69, 9.17) is 4.74 Å². The highest BCUT2D eigenvalue weighted by atomic mass is 32.2. The van der Waals surface area contributed by atoms with Gasteiger partial charge < -0.3 is 10.1 Å². The van der Waals surface area contributed by atoms with Gasteiger partial charge in [0.05, 0.1) is 0 Å². The molecule has 1 aliphatic heterocycles. The van der Waals surface area contributed by atoms with E-state index in [9.17, 15) is 8.42 Å². The second-order valence-corrected chi connectivity index (χ2v) is 6.84. The third-order valence-electron chi connectivity index (χ3n) is 3.28. The average molecular weight is 279 g/mol. The monoisotopic (exact) mass is 279 g/mol. The van der Waals surface area contributed by atoms with Gasteiger partial charge in [-0.2, -0.15) is 17.4 Å². The molecule has 0 bridgehead atoms. The Labute approximate surface area is 110 Å². The standard InChI is InChI=1S/C11H25N3O3S/c1-11(5-9-17-10-6-11)13-18(15,16)14(3)8-4-7-12-2/h12-13H,4-10H2,1-3H3. The maximum atomic E-state index is 12.2. The van der Waals surface area contributed by atoms with Gasteiger partial charge >= 0.3 is 0 Å². The maximum Gasteiger partial charge on any atom is 0.279 e. The topological polar surface area (TPSA) is 70.7 Å². The summed E-state index contributed by atoms with van der Waals surface area (Å²) in [6.45, 7) is 4.49. The lowest BCUT2D eigenvalue weighted by Gasteiger charge is -2.35. The minimum absolute atomic E-state index is 0.381. The Morgan fingerprint density at radius 1 is 1.33 bits per heavy atom. The summed E-state index contributed by atoms with van der Waals surface area (Å²) in [5.74, 6) is 0. The maximum absolute atomic E-state index is 12.2. The van der Waals surface area contributed by atoms with Gasteiger partial charge in [-0.25, -0.2) is 0 Å². The third kappa shape index (κ3) is 4.81. The van der Waals surface area contributed by atoms with Crippen molar-refractivity contribution in [3.8, 4) is 0 Å². The molecule has 2 N–H and O–H groups in total. The molecule has 0 aromatic carbocycles.